The zero-order chi connectivity index (χ0) is 13.1. The number of H-pyrrole nitrogens is 1. The fourth-order valence-corrected chi connectivity index (χ4v) is 1.84. The van der Waals surface area contributed by atoms with E-state index in [-0.39, 0.29) is 23.7 Å². The minimum atomic E-state index is -0.383. The van der Waals surface area contributed by atoms with E-state index in [4.69, 9.17) is 17.3 Å². The summed E-state index contributed by atoms with van der Waals surface area (Å²) in [5.74, 6) is -0.274. The van der Waals surface area contributed by atoms with Crippen molar-refractivity contribution >= 4 is 23.5 Å². The van der Waals surface area contributed by atoms with E-state index in [0.29, 0.717) is 5.02 Å². The molecule has 2 aromatic rings. The van der Waals surface area contributed by atoms with Gasteiger partial charge in [-0.25, -0.2) is 0 Å². The first kappa shape index (κ1) is 12.4. The number of hydrogen-bond donors (Lipinski definition) is 3. The molecule has 0 saturated heterocycles. The van der Waals surface area contributed by atoms with Crippen LogP contribution in [-0.2, 0) is 0 Å². The Kier molecular flexibility index (Phi) is 3.47. The van der Waals surface area contributed by atoms with Crippen LogP contribution in [-0.4, -0.2) is 21.1 Å². The zero-order valence-corrected chi connectivity index (χ0v) is 10.4. The van der Waals surface area contributed by atoms with E-state index in [1.54, 1.807) is 6.07 Å². The molecule has 1 heterocycles. The van der Waals surface area contributed by atoms with Gasteiger partial charge >= 0.3 is 0 Å². The van der Waals surface area contributed by atoms with Crippen LogP contribution < -0.4 is 11.1 Å². The van der Waals surface area contributed by atoms with Gasteiger partial charge in [0, 0.05) is 5.02 Å². The quantitative estimate of drug-likeness (QED) is 0.784. The first-order chi connectivity index (χ1) is 8.58. The second-order valence-corrected chi connectivity index (χ2v) is 4.17. The molecule has 1 aromatic carbocycles. The zero-order valence-electron chi connectivity index (χ0n) is 9.64. The summed E-state index contributed by atoms with van der Waals surface area (Å²) < 4.78 is 0. The number of nitrogens with zero attached hydrogens (tertiary/aromatic N) is 2. The second kappa shape index (κ2) is 5.05. The lowest BCUT2D eigenvalue weighted by Crippen LogP contribution is -2.27. The molecule has 0 spiro atoms. The number of nitrogens with one attached hydrogen (secondary N) is 2. The van der Waals surface area contributed by atoms with E-state index < -0.39 is 0 Å². The van der Waals surface area contributed by atoms with Crippen molar-refractivity contribution in [2.75, 3.05) is 5.73 Å². The van der Waals surface area contributed by atoms with Gasteiger partial charge in [-0.3, -0.25) is 9.89 Å². The molecule has 18 heavy (non-hydrogen) atoms. The average Bonchev–Trinajstić information content (AvgIpc) is 2.76. The molecule has 4 N–H and O–H groups in total. The SMILES string of the molecule is C[C@@H](NC(=O)c1nc(N)n[nH]1)c1ccccc1Cl. The molecule has 1 aromatic heterocycles. The average molecular weight is 266 g/mol. The number of aromatic nitrogens is 3. The van der Waals surface area contributed by atoms with Crippen LogP contribution in [0.2, 0.25) is 5.02 Å². The predicted molar refractivity (Wildman–Crippen MR) is 68.1 cm³/mol. The molecular formula is C11H12ClN5O. The first-order valence-electron chi connectivity index (χ1n) is 5.31. The monoisotopic (exact) mass is 265 g/mol. The molecule has 94 valence electrons. The molecule has 1 amide bonds. The van der Waals surface area contributed by atoms with Crippen LogP contribution in [0.1, 0.15) is 29.1 Å². The van der Waals surface area contributed by atoms with E-state index in [1.165, 1.54) is 0 Å². The minimum absolute atomic E-state index is 0.0329. The maximum absolute atomic E-state index is 11.8. The van der Waals surface area contributed by atoms with Gasteiger partial charge in [0.05, 0.1) is 6.04 Å². The van der Waals surface area contributed by atoms with Crippen molar-refractivity contribution in [3.05, 3.63) is 40.7 Å². The number of anilines is 1. The Morgan fingerprint density at radius 2 is 2.22 bits per heavy atom. The minimum Gasteiger partial charge on any atom is -0.366 e. The van der Waals surface area contributed by atoms with Crippen molar-refractivity contribution in [1.82, 2.24) is 20.5 Å². The van der Waals surface area contributed by atoms with Crippen molar-refractivity contribution in [3.8, 4) is 0 Å². The Labute approximate surface area is 109 Å². The van der Waals surface area contributed by atoms with Gasteiger partial charge in [0.15, 0.2) is 0 Å². The second-order valence-electron chi connectivity index (χ2n) is 3.76. The molecule has 1 atom stereocenters. The van der Waals surface area contributed by atoms with Crippen LogP contribution in [0, 0.1) is 0 Å². The summed E-state index contributed by atoms with van der Waals surface area (Å²) >= 11 is 6.05. The molecule has 0 saturated carbocycles. The highest BCUT2D eigenvalue weighted by molar-refractivity contribution is 6.31. The molecule has 7 heteroatoms. The third kappa shape index (κ3) is 2.60. The summed E-state index contributed by atoms with van der Waals surface area (Å²) in [7, 11) is 0. The number of nitrogen functional groups attached to an aromatic ring is 1. The van der Waals surface area contributed by atoms with Crippen LogP contribution in [0.5, 0.6) is 0 Å². The lowest BCUT2D eigenvalue weighted by Gasteiger charge is -2.14. The lowest BCUT2D eigenvalue weighted by atomic mass is 10.1. The van der Waals surface area contributed by atoms with Crippen molar-refractivity contribution in [2.45, 2.75) is 13.0 Å². The molecule has 0 aliphatic carbocycles. The van der Waals surface area contributed by atoms with E-state index in [1.807, 2.05) is 25.1 Å². The third-order valence-electron chi connectivity index (χ3n) is 2.44. The van der Waals surface area contributed by atoms with Gasteiger partial charge in [-0.15, -0.1) is 5.10 Å². The molecule has 6 nitrogen and oxygen atoms in total. The van der Waals surface area contributed by atoms with Crippen LogP contribution in [0.3, 0.4) is 0 Å². The fourth-order valence-electron chi connectivity index (χ4n) is 1.55. The maximum atomic E-state index is 11.8. The smallest absolute Gasteiger partial charge is 0.289 e. The van der Waals surface area contributed by atoms with Gasteiger partial charge in [-0.1, -0.05) is 29.8 Å². The van der Waals surface area contributed by atoms with E-state index in [2.05, 4.69) is 20.5 Å². The molecule has 0 aliphatic heterocycles. The Morgan fingerprint density at radius 1 is 1.50 bits per heavy atom. The molecular weight excluding hydrogens is 254 g/mol. The van der Waals surface area contributed by atoms with Gasteiger partial charge in [-0.2, -0.15) is 4.98 Å². The largest absolute Gasteiger partial charge is 0.366 e. The van der Waals surface area contributed by atoms with Crippen molar-refractivity contribution in [2.24, 2.45) is 0 Å². The molecule has 0 radical (unpaired) electrons. The number of aromatic amines is 1. The number of carbonyl (C=O) groups excluding carboxylic acids is 1. The molecule has 0 bridgehead atoms. The summed E-state index contributed by atoms with van der Waals surface area (Å²) in [6.07, 6.45) is 0. The lowest BCUT2D eigenvalue weighted by molar-refractivity contribution is 0.0930. The van der Waals surface area contributed by atoms with Gasteiger partial charge in [-0.05, 0) is 18.6 Å². The maximum Gasteiger partial charge on any atom is 0.289 e. The van der Waals surface area contributed by atoms with Crippen LogP contribution >= 0.6 is 11.6 Å². The van der Waals surface area contributed by atoms with Crippen molar-refractivity contribution in [3.63, 3.8) is 0 Å². The van der Waals surface area contributed by atoms with E-state index >= 15 is 0 Å². The summed E-state index contributed by atoms with van der Waals surface area (Å²) in [6.45, 7) is 1.83. The van der Waals surface area contributed by atoms with Gasteiger partial charge in [0.1, 0.15) is 0 Å². The number of nitrogens with two attached hydrogens (primary N) is 1. The molecule has 0 unspecified atom stereocenters. The predicted octanol–water partition coefficient (Wildman–Crippen LogP) is 1.53. The van der Waals surface area contributed by atoms with Gasteiger partial charge in [0.25, 0.3) is 5.91 Å². The van der Waals surface area contributed by atoms with Crippen LogP contribution in [0.15, 0.2) is 24.3 Å². The molecule has 0 fully saturated rings. The Morgan fingerprint density at radius 3 is 2.83 bits per heavy atom. The Hall–Kier alpha value is -2.08. The summed E-state index contributed by atoms with van der Waals surface area (Å²) in [5, 5.41) is 9.39. The Balaban J connectivity index is 2.10. The summed E-state index contributed by atoms with van der Waals surface area (Å²) in [5.41, 5.74) is 6.16. The highest BCUT2D eigenvalue weighted by Crippen LogP contribution is 2.22. The standard InChI is InChI=1S/C11H12ClN5O/c1-6(7-4-2-3-5-8(7)12)14-10(18)9-15-11(13)17-16-9/h2-6H,1H3,(H,14,18)(H3,13,15,16,17)/t6-/m1/s1. The number of halogens is 1. The number of amides is 1. The highest BCUT2D eigenvalue weighted by atomic mass is 35.5. The number of carbonyl (C=O) groups is 1. The first-order valence-corrected chi connectivity index (χ1v) is 5.69. The van der Waals surface area contributed by atoms with Gasteiger partial charge < -0.3 is 11.1 Å². The normalized spacial score (nSPS) is 12.1. The van der Waals surface area contributed by atoms with Gasteiger partial charge in [0.2, 0.25) is 11.8 Å². The van der Waals surface area contributed by atoms with E-state index in [9.17, 15) is 4.79 Å². The summed E-state index contributed by atoms with van der Waals surface area (Å²) in [6, 6.07) is 7.07. The van der Waals surface area contributed by atoms with Crippen LogP contribution in [0.4, 0.5) is 5.95 Å². The Bertz CT molecular complexity index is 568. The van der Waals surface area contributed by atoms with E-state index in [0.717, 1.165) is 5.56 Å². The van der Waals surface area contributed by atoms with Crippen molar-refractivity contribution in [1.29, 1.82) is 0 Å². The molecule has 2 rings (SSSR count). The number of benzene rings is 1. The number of rotatable bonds is 3. The topological polar surface area (TPSA) is 96.7 Å². The van der Waals surface area contributed by atoms with Crippen LogP contribution in [0.25, 0.3) is 0 Å². The third-order valence-corrected chi connectivity index (χ3v) is 2.78. The molecule has 0 aliphatic rings. The highest BCUT2D eigenvalue weighted by Gasteiger charge is 2.16. The number of hydrogen-bond acceptors (Lipinski definition) is 4. The van der Waals surface area contributed by atoms with Crippen molar-refractivity contribution < 1.29 is 4.79 Å². The fraction of sp³-hybridized carbons (Fsp3) is 0.182. The summed E-state index contributed by atoms with van der Waals surface area (Å²) in [4.78, 5) is 15.6.